The normalized spacial score (nSPS) is 12.5. The summed E-state index contributed by atoms with van der Waals surface area (Å²) in [6.45, 7) is 2.07. The SMILES string of the molecule is CC[C@H](CC(=O)c1ccccc1)c1c[nH]c2cc(F)ccc12. The van der Waals surface area contributed by atoms with Gasteiger partial charge in [-0.05, 0) is 36.1 Å². The van der Waals surface area contributed by atoms with E-state index in [9.17, 15) is 9.18 Å². The van der Waals surface area contributed by atoms with Gasteiger partial charge in [0.05, 0.1) is 0 Å². The van der Waals surface area contributed by atoms with Crippen LogP contribution in [0.4, 0.5) is 4.39 Å². The molecule has 3 rings (SSSR count). The number of fused-ring (bicyclic) bond motifs is 1. The average molecular weight is 295 g/mol. The van der Waals surface area contributed by atoms with E-state index in [0.717, 1.165) is 28.5 Å². The molecule has 3 heteroatoms. The summed E-state index contributed by atoms with van der Waals surface area (Å²) in [5.41, 5.74) is 2.61. The second kappa shape index (κ2) is 6.14. The van der Waals surface area contributed by atoms with Crippen LogP contribution in [0, 0.1) is 5.82 Å². The zero-order chi connectivity index (χ0) is 15.5. The molecule has 2 aromatic carbocycles. The maximum absolute atomic E-state index is 13.3. The molecule has 0 aliphatic carbocycles. The summed E-state index contributed by atoms with van der Waals surface area (Å²) in [7, 11) is 0. The number of nitrogens with one attached hydrogen (secondary N) is 1. The maximum Gasteiger partial charge on any atom is 0.163 e. The molecule has 0 aliphatic rings. The van der Waals surface area contributed by atoms with Crippen LogP contribution in [0.25, 0.3) is 10.9 Å². The number of H-pyrrole nitrogens is 1. The third-order valence-corrected chi connectivity index (χ3v) is 4.14. The van der Waals surface area contributed by atoms with E-state index in [1.165, 1.54) is 12.1 Å². The van der Waals surface area contributed by atoms with Crippen molar-refractivity contribution in [2.24, 2.45) is 0 Å². The van der Waals surface area contributed by atoms with E-state index in [1.54, 1.807) is 6.07 Å². The number of carbonyl (C=O) groups is 1. The highest BCUT2D eigenvalue weighted by Crippen LogP contribution is 2.31. The zero-order valence-electron chi connectivity index (χ0n) is 12.5. The fourth-order valence-corrected chi connectivity index (χ4v) is 2.90. The fourth-order valence-electron chi connectivity index (χ4n) is 2.90. The molecule has 0 radical (unpaired) electrons. The van der Waals surface area contributed by atoms with Crippen molar-refractivity contribution in [1.82, 2.24) is 4.98 Å². The van der Waals surface area contributed by atoms with Crippen molar-refractivity contribution in [2.75, 3.05) is 0 Å². The molecule has 0 saturated heterocycles. The monoisotopic (exact) mass is 295 g/mol. The second-order valence-electron chi connectivity index (χ2n) is 5.53. The molecule has 112 valence electrons. The summed E-state index contributed by atoms with van der Waals surface area (Å²) in [5, 5.41) is 0.995. The Kier molecular flexibility index (Phi) is 4.05. The summed E-state index contributed by atoms with van der Waals surface area (Å²) in [4.78, 5) is 15.5. The third-order valence-electron chi connectivity index (χ3n) is 4.14. The molecule has 0 spiro atoms. The average Bonchev–Trinajstić information content (AvgIpc) is 2.96. The molecule has 1 aromatic heterocycles. The minimum absolute atomic E-state index is 0.131. The van der Waals surface area contributed by atoms with Crippen molar-refractivity contribution in [3.63, 3.8) is 0 Å². The van der Waals surface area contributed by atoms with E-state index in [4.69, 9.17) is 0 Å². The molecular weight excluding hydrogens is 277 g/mol. The predicted molar refractivity (Wildman–Crippen MR) is 86.7 cm³/mol. The molecule has 0 bridgehead atoms. The third kappa shape index (κ3) is 2.80. The number of hydrogen-bond acceptors (Lipinski definition) is 1. The Morgan fingerprint density at radius 1 is 1.18 bits per heavy atom. The van der Waals surface area contributed by atoms with Crippen molar-refractivity contribution in [2.45, 2.75) is 25.7 Å². The van der Waals surface area contributed by atoms with Gasteiger partial charge in [-0.2, -0.15) is 0 Å². The topological polar surface area (TPSA) is 32.9 Å². The van der Waals surface area contributed by atoms with Crippen LogP contribution in [0.15, 0.2) is 54.7 Å². The number of carbonyl (C=O) groups excluding carboxylic acids is 1. The van der Waals surface area contributed by atoms with Gasteiger partial charge in [-0.25, -0.2) is 4.39 Å². The van der Waals surface area contributed by atoms with Crippen molar-refractivity contribution in [3.05, 3.63) is 71.7 Å². The molecule has 1 atom stereocenters. The van der Waals surface area contributed by atoms with E-state index in [0.29, 0.717) is 6.42 Å². The molecule has 0 fully saturated rings. The molecule has 1 N–H and O–H groups in total. The van der Waals surface area contributed by atoms with Crippen LogP contribution in [0.1, 0.15) is 41.6 Å². The standard InChI is InChI=1S/C19H18FNO/c1-2-13(10-19(22)14-6-4-3-5-7-14)17-12-21-18-11-15(20)8-9-16(17)18/h3-9,11-13,21H,2,10H2,1H3/t13-/m1/s1. The van der Waals surface area contributed by atoms with E-state index in [2.05, 4.69) is 11.9 Å². The molecule has 0 unspecified atom stereocenters. The number of ketones is 1. The second-order valence-corrected chi connectivity index (χ2v) is 5.53. The first-order valence-corrected chi connectivity index (χ1v) is 7.54. The summed E-state index contributed by atoms with van der Waals surface area (Å²) < 4.78 is 13.3. The van der Waals surface area contributed by atoms with E-state index < -0.39 is 0 Å². The lowest BCUT2D eigenvalue weighted by atomic mass is 9.89. The first-order chi connectivity index (χ1) is 10.7. The number of halogens is 1. The number of Topliss-reactive ketones (excluding diaryl/α,β-unsaturated/α-hetero) is 1. The van der Waals surface area contributed by atoms with E-state index >= 15 is 0 Å². The predicted octanol–water partition coefficient (Wildman–Crippen LogP) is 5.07. The molecule has 0 amide bonds. The van der Waals surface area contributed by atoms with Gasteiger partial charge in [-0.3, -0.25) is 4.79 Å². The van der Waals surface area contributed by atoms with Gasteiger partial charge in [0.1, 0.15) is 5.82 Å². The van der Waals surface area contributed by atoms with Gasteiger partial charge >= 0.3 is 0 Å². The molecule has 2 nitrogen and oxygen atoms in total. The van der Waals surface area contributed by atoms with Crippen LogP contribution < -0.4 is 0 Å². The first kappa shape index (κ1) is 14.5. The minimum Gasteiger partial charge on any atom is -0.361 e. The Morgan fingerprint density at radius 2 is 1.95 bits per heavy atom. The zero-order valence-corrected chi connectivity index (χ0v) is 12.5. The van der Waals surface area contributed by atoms with Gasteiger partial charge in [0.2, 0.25) is 0 Å². The molecule has 0 aliphatic heterocycles. The lowest BCUT2D eigenvalue weighted by Gasteiger charge is -2.13. The minimum atomic E-state index is -0.255. The Balaban J connectivity index is 1.88. The molecule has 0 saturated carbocycles. The summed E-state index contributed by atoms with van der Waals surface area (Å²) in [6.07, 6.45) is 3.23. The Morgan fingerprint density at radius 3 is 2.68 bits per heavy atom. The largest absolute Gasteiger partial charge is 0.361 e. The van der Waals surface area contributed by atoms with Crippen LogP contribution in [-0.4, -0.2) is 10.8 Å². The van der Waals surface area contributed by atoms with Crippen LogP contribution in [0.3, 0.4) is 0 Å². The van der Waals surface area contributed by atoms with Crippen LogP contribution >= 0.6 is 0 Å². The smallest absolute Gasteiger partial charge is 0.163 e. The van der Waals surface area contributed by atoms with Crippen molar-refractivity contribution >= 4 is 16.7 Å². The fraction of sp³-hybridized carbons (Fsp3) is 0.211. The summed E-state index contributed by atoms with van der Waals surface area (Å²) in [5.74, 6) is 0.0186. The Bertz CT molecular complexity index is 792. The van der Waals surface area contributed by atoms with Gasteiger partial charge in [0, 0.05) is 29.1 Å². The maximum atomic E-state index is 13.3. The van der Waals surface area contributed by atoms with E-state index in [1.807, 2.05) is 36.5 Å². The number of benzene rings is 2. The quantitative estimate of drug-likeness (QED) is 0.655. The lowest BCUT2D eigenvalue weighted by molar-refractivity contribution is 0.0973. The van der Waals surface area contributed by atoms with Gasteiger partial charge < -0.3 is 4.98 Å². The highest BCUT2D eigenvalue weighted by molar-refractivity contribution is 5.97. The lowest BCUT2D eigenvalue weighted by Crippen LogP contribution is -2.06. The molecule has 22 heavy (non-hydrogen) atoms. The van der Waals surface area contributed by atoms with Crippen molar-refractivity contribution in [3.8, 4) is 0 Å². The van der Waals surface area contributed by atoms with Gasteiger partial charge in [-0.1, -0.05) is 37.3 Å². The number of rotatable bonds is 5. The number of hydrogen-bond donors (Lipinski definition) is 1. The van der Waals surface area contributed by atoms with Crippen LogP contribution in [0.2, 0.25) is 0 Å². The first-order valence-electron chi connectivity index (χ1n) is 7.54. The highest BCUT2D eigenvalue weighted by atomic mass is 19.1. The summed E-state index contributed by atoms with van der Waals surface area (Å²) >= 11 is 0. The van der Waals surface area contributed by atoms with Gasteiger partial charge in [0.25, 0.3) is 0 Å². The van der Waals surface area contributed by atoms with Crippen LogP contribution in [-0.2, 0) is 0 Å². The Hall–Kier alpha value is -2.42. The van der Waals surface area contributed by atoms with Gasteiger partial charge in [-0.15, -0.1) is 0 Å². The van der Waals surface area contributed by atoms with Gasteiger partial charge in [0.15, 0.2) is 5.78 Å². The number of aromatic nitrogens is 1. The van der Waals surface area contributed by atoms with E-state index in [-0.39, 0.29) is 17.5 Å². The van der Waals surface area contributed by atoms with Crippen LogP contribution in [0.5, 0.6) is 0 Å². The highest BCUT2D eigenvalue weighted by Gasteiger charge is 2.18. The number of aromatic amines is 1. The molecule has 3 aromatic rings. The summed E-state index contributed by atoms with van der Waals surface area (Å²) in [6, 6.07) is 14.1. The Labute approximate surface area is 129 Å². The molecule has 1 heterocycles. The van der Waals surface area contributed by atoms with Crippen molar-refractivity contribution < 1.29 is 9.18 Å². The molecular formula is C19H18FNO. The van der Waals surface area contributed by atoms with Crippen molar-refractivity contribution in [1.29, 1.82) is 0 Å².